The Morgan fingerprint density at radius 3 is 2.00 bits per heavy atom. The Morgan fingerprint density at radius 1 is 0.952 bits per heavy atom. The molecule has 2 aromatic rings. The summed E-state index contributed by atoms with van der Waals surface area (Å²) in [5.74, 6) is 0.508. The number of rotatable bonds is 1. The number of carbonyl (C=O) groups is 2. The summed E-state index contributed by atoms with van der Waals surface area (Å²) >= 11 is 0. The summed E-state index contributed by atoms with van der Waals surface area (Å²) < 4.78 is 0. The molecule has 1 aromatic carbocycles. The largest absolute Gasteiger partial charge is 0.368 e. The van der Waals surface area contributed by atoms with E-state index < -0.39 is 6.03 Å². The number of urea groups is 1. The van der Waals surface area contributed by atoms with Gasteiger partial charge in [0, 0.05) is 5.56 Å². The summed E-state index contributed by atoms with van der Waals surface area (Å²) in [4.78, 5) is 31.7. The van der Waals surface area contributed by atoms with Gasteiger partial charge in [-0.15, -0.1) is 0 Å². The Balaban J connectivity index is 0.000000194. The van der Waals surface area contributed by atoms with Gasteiger partial charge in [-0.05, 0) is 0 Å². The number of imide groups is 1. The average molecular weight is 287 g/mol. The van der Waals surface area contributed by atoms with Crippen molar-refractivity contribution in [3.8, 4) is 11.4 Å². The molecule has 9 heteroatoms. The molecule has 0 spiro atoms. The fourth-order valence-corrected chi connectivity index (χ4v) is 1.50. The maximum atomic E-state index is 10.1. The van der Waals surface area contributed by atoms with Gasteiger partial charge in [-0.3, -0.25) is 10.1 Å². The molecule has 3 amide bonds. The molecule has 21 heavy (non-hydrogen) atoms. The maximum absolute atomic E-state index is 10.1. The average Bonchev–Trinajstić information content (AvgIpc) is 2.83. The molecule has 3 rings (SSSR count). The van der Waals surface area contributed by atoms with Crippen LogP contribution < -0.4 is 22.1 Å². The van der Waals surface area contributed by atoms with Crippen molar-refractivity contribution in [3.05, 3.63) is 30.3 Å². The van der Waals surface area contributed by atoms with Crippen molar-refractivity contribution < 1.29 is 9.59 Å². The zero-order valence-corrected chi connectivity index (χ0v) is 10.9. The summed E-state index contributed by atoms with van der Waals surface area (Å²) in [6.45, 7) is 0.124. The minimum atomic E-state index is -0.398. The fourth-order valence-electron chi connectivity index (χ4n) is 1.50. The molecule has 2 heterocycles. The highest BCUT2D eigenvalue weighted by Crippen LogP contribution is 2.14. The molecule has 1 fully saturated rings. The van der Waals surface area contributed by atoms with Crippen LogP contribution in [-0.2, 0) is 4.79 Å². The molecule has 0 bridgehead atoms. The van der Waals surface area contributed by atoms with Crippen LogP contribution in [0.25, 0.3) is 11.4 Å². The number of nitrogens with zero attached hydrogens (tertiary/aromatic N) is 3. The van der Waals surface area contributed by atoms with E-state index in [-0.39, 0.29) is 24.3 Å². The highest BCUT2D eigenvalue weighted by Gasteiger charge is 2.14. The van der Waals surface area contributed by atoms with E-state index in [0.717, 1.165) is 5.56 Å². The van der Waals surface area contributed by atoms with Crippen molar-refractivity contribution in [1.29, 1.82) is 0 Å². The quantitative estimate of drug-likeness (QED) is 0.518. The van der Waals surface area contributed by atoms with Gasteiger partial charge < -0.3 is 16.8 Å². The third-order valence-electron chi connectivity index (χ3n) is 2.36. The molecule has 9 nitrogen and oxygen atoms in total. The summed E-state index contributed by atoms with van der Waals surface area (Å²) in [6, 6.07) is 9.07. The molecule has 1 aliphatic heterocycles. The number of hydrogen-bond acceptors (Lipinski definition) is 7. The van der Waals surface area contributed by atoms with Gasteiger partial charge in [0.1, 0.15) is 0 Å². The van der Waals surface area contributed by atoms with Crippen molar-refractivity contribution in [3.63, 3.8) is 0 Å². The van der Waals surface area contributed by atoms with Gasteiger partial charge in [0.15, 0.2) is 5.82 Å². The van der Waals surface area contributed by atoms with E-state index in [2.05, 4.69) is 20.3 Å². The van der Waals surface area contributed by atoms with Crippen LogP contribution in [0.5, 0.6) is 0 Å². The van der Waals surface area contributed by atoms with Crippen LogP contribution in [0.3, 0.4) is 0 Å². The highest BCUT2D eigenvalue weighted by atomic mass is 16.2. The summed E-state index contributed by atoms with van der Waals surface area (Å²) in [6.07, 6.45) is 0. The normalized spacial score (nSPS) is 13.0. The Kier molecular flexibility index (Phi) is 4.24. The molecular formula is C12H13N7O2. The van der Waals surface area contributed by atoms with E-state index in [1.165, 1.54) is 0 Å². The predicted octanol–water partition coefficient (Wildman–Crippen LogP) is -0.471. The molecule has 0 saturated carbocycles. The standard InChI is InChI=1S/C9H9N5.C3H4N2O2/c10-8-12-7(13-9(11)14-8)6-4-2-1-3-5-6;6-2-1-4-3(7)5-2/h1-5H,(H4,10,11,12,13,14);1H2,(H2,4,5,6,7). The molecule has 0 radical (unpaired) electrons. The highest BCUT2D eigenvalue weighted by molar-refractivity contribution is 6.01. The Bertz CT molecular complexity index is 626. The van der Waals surface area contributed by atoms with Crippen LogP contribution in [0.4, 0.5) is 16.7 Å². The molecule has 108 valence electrons. The van der Waals surface area contributed by atoms with Crippen LogP contribution >= 0.6 is 0 Å². The zero-order chi connectivity index (χ0) is 15.2. The van der Waals surface area contributed by atoms with Gasteiger partial charge in [0.2, 0.25) is 17.8 Å². The lowest BCUT2D eigenvalue weighted by atomic mass is 10.2. The number of carbonyl (C=O) groups excluding carboxylic acids is 2. The fraction of sp³-hybridized carbons (Fsp3) is 0.0833. The van der Waals surface area contributed by atoms with Crippen molar-refractivity contribution in [1.82, 2.24) is 25.6 Å². The van der Waals surface area contributed by atoms with Crippen molar-refractivity contribution in [2.24, 2.45) is 0 Å². The van der Waals surface area contributed by atoms with Crippen molar-refractivity contribution in [2.45, 2.75) is 0 Å². The number of hydrogen-bond donors (Lipinski definition) is 4. The molecule has 6 N–H and O–H groups in total. The molecule has 0 atom stereocenters. The molecular weight excluding hydrogens is 274 g/mol. The van der Waals surface area contributed by atoms with Crippen LogP contribution in [0.2, 0.25) is 0 Å². The van der Waals surface area contributed by atoms with Gasteiger partial charge in [0.05, 0.1) is 6.54 Å². The second-order valence-electron chi connectivity index (χ2n) is 3.97. The second kappa shape index (κ2) is 6.28. The predicted molar refractivity (Wildman–Crippen MR) is 75.6 cm³/mol. The Morgan fingerprint density at radius 2 is 1.57 bits per heavy atom. The first-order valence-electron chi connectivity index (χ1n) is 5.95. The lowest BCUT2D eigenvalue weighted by Gasteiger charge is -2.00. The van der Waals surface area contributed by atoms with E-state index in [0.29, 0.717) is 5.82 Å². The first-order chi connectivity index (χ1) is 10.0. The van der Waals surface area contributed by atoms with E-state index >= 15 is 0 Å². The van der Waals surface area contributed by atoms with Gasteiger partial charge in [-0.2, -0.15) is 15.0 Å². The molecule has 1 aliphatic rings. The SMILES string of the molecule is Nc1nc(N)nc(-c2ccccc2)n1.O=C1CNC(=O)N1. The number of nitrogens with one attached hydrogen (secondary N) is 2. The first-order valence-corrected chi connectivity index (χ1v) is 5.95. The summed E-state index contributed by atoms with van der Waals surface area (Å²) in [7, 11) is 0. The van der Waals surface area contributed by atoms with Gasteiger partial charge in [-0.1, -0.05) is 30.3 Å². The summed E-state index contributed by atoms with van der Waals surface area (Å²) in [5.41, 5.74) is 11.8. The minimum absolute atomic E-state index is 0.124. The number of amides is 3. The van der Waals surface area contributed by atoms with Crippen LogP contribution in [0.15, 0.2) is 30.3 Å². The zero-order valence-electron chi connectivity index (χ0n) is 10.9. The molecule has 1 aromatic heterocycles. The first kappa shape index (κ1) is 14.2. The molecule has 1 saturated heterocycles. The number of anilines is 2. The van der Waals surface area contributed by atoms with Gasteiger partial charge in [0.25, 0.3) is 0 Å². The monoisotopic (exact) mass is 287 g/mol. The lowest BCUT2D eigenvalue weighted by molar-refractivity contribution is -0.117. The second-order valence-corrected chi connectivity index (χ2v) is 3.97. The van der Waals surface area contributed by atoms with Crippen molar-refractivity contribution in [2.75, 3.05) is 18.0 Å². The lowest BCUT2D eigenvalue weighted by Crippen LogP contribution is -2.22. The minimum Gasteiger partial charge on any atom is -0.368 e. The van der Waals surface area contributed by atoms with Crippen LogP contribution in [0, 0.1) is 0 Å². The molecule has 0 unspecified atom stereocenters. The van der Waals surface area contributed by atoms with E-state index in [4.69, 9.17) is 11.5 Å². The molecule has 0 aliphatic carbocycles. The summed E-state index contributed by atoms with van der Waals surface area (Å²) in [5, 5.41) is 4.30. The smallest absolute Gasteiger partial charge is 0.321 e. The van der Waals surface area contributed by atoms with E-state index in [1.807, 2.05) is 35.6 Å². The van der Waals surface area contributed by atoms with Crippen molar-refractivity contribution >= 4 is 23.8 Å². The van der Waals surface area contributed by atoms with E-state index in [1.54, 1.807) is 0 Å². The van der Waals surface area contributed by atoms with Crippen LogP contribution in [0.1, 0.15) is 0 Å². The maximum Gasteiger partial charge on any atom is 0.321 e. The number of aromatic nitrogens is 3. The topological polar surface area (TPSA) is 149 Å². The number of nitrogen functional groups attached to an aromatic ring is 2. The van der Waals surface area contributed by atoms with Gasteiger partial charge >= 0.3 is 6.03 Å². The van der Waals surface area contributed by atoms with E-state index in [9.17, 15) is 9.59 Å². The number of benzene rings is 1. The Labute approximate surface area is 119 Å². The Hall–Kier alpha value is -3.23. The third-order valence-corrected chi connectivity index (χ3v) is 2.36. The number of nitrogens with two attached hydrogens (primary N) is 2. The van der Waals surface area contributed by atoms with Gasteiger partial charge in [-0.25, -0.2) is 4.79 Å². The van der Waals surface area contributed by atoms with Crippen LogP contribution in [-0.4, -0.2) is 33.4 Å². The third kappa shape index (κ3) is 4.13.